The van der Waals surface area contributed by atoms with E-state index in [1.54, 1.807) is 22.9 Å². The first kappa shape index (κ1) is 20.9. The molecule has 1 aromatic carbocycles. The van der Waals surface area contributed by atoms with Crippen LogP contribution in [0.1, 0.15) is 49.9 Å². The quantitative estimate of drug-likeness (QED) is 0.440. The molecule has 5 rings (SSSR count). The monoisotopic (exact) mass is 468 g/mol. The molecule has 4 aromatic rings. The second-order valence-corrected chi connectivity index (χ2v) is 9.46. The van der Waals surface area contributed by atoms with Crippen LogP contribution in [0.25, 0.3) is 10.2 Å². The Balaban J connectivity index is 1.34. The van der Waals surface area contributed by atoms with Gasteiger partial charge in [0, 0.05) is 4.88 Å². The molecule has 0 unspecified atom stereocenters. The molecule has 0 spiro atoms. The normalized spacial score (nSPS) is 13.0. The van der Waals surface area contributed by atoms with E-state index in [0.29, 0.717) is 28.3 Å². The Kier molecular flexibility index (Phi) is 5.35. The van der Waals surface area contributed by atoms with Crippen LogP contribution in [0.5, 0.6) is 0 Å². The summed E-state index contributed by atoms with van der Waals surface area (Å²) in [4.78, 5) is 34.5. The summed E-state index contributed by atoms with van der Waals surface area (Å²) >= 11 is 8.01. The number of H-pyrrole nitrogens is 1. The van der Waals surface area contributed by atoms with Gasteiger partial charge in [-0.05, 0) is 44.2 Å². The average molecular weight is 469 g/mol. The Hall–Kier alpha value is -2.97. The largest absolute Gasteiger partial charge is 0.454 e. The minimum absolute atomic E-state index is 0.147. The first-order valence-corrected chi connectivity index (χ1v) is 11.6. The van der Waals surface area contributed by atoms with Crippen LogP contribution in [-0.2, 0) is 30.7 Å². The zero-order valence-corrected chi connectivity index (χ0v) is 19.3. The van der Waals surface area contributed by atoms with E-state index in [9.17, 15) is 9.59 Å². The van der Waals surface area contributed by atoms with Gasteiger partial charge in [0.1, 0.15) is 28.0 Å². The van der Waals surface area contributed by atoms with E-state index < -0.39 is 5.97 Å². The molecule has 0 fully saturated rings. The fraction of sp³-hybridized carbons (Fsp3) is 0.304. The molecular weight excluding hydrogens is 448 g/mol. The van der Waals surface area contributed by atoms with Gasteiger partial charge in [-0.2, -0.15) is 5.10 Å². The van der Waals surface area contributed by atoms with Gasteiger partial charge in [-0.1, -0.05) is 41.4 Å². The molecule has 1 N–H and O–H groups in total. The number of aryl methyl sites for hydroxylation is 4. The lowest BCUT2D eigenvalue weighted by Crippen LogP contribution is -2.15. The van der Waals surface area contributed by atoms with Crippen molar-refractivity contribution in [2.75, 3.05) is 0 Å². The highest BCUT2D eigenvalue weighted by Gasteiger charge is 2.24. The van der Waals surface area contributed by atoms with Crippen LogP contribution in [0.4, 0.5) is 0 Å². The first-order chi connectivity index (χ1) is 15.4. The average Bonchev–Trinajstić information content (AvgIpc) is 3.41. The van der Waals surface area contributed by atoms with E-state index in [0.717, 1.165) is 36.0 Å². The van der Waals surface area contributed by atoms with Crippen molar-refractivity contribution in [3.63, 3.8) is 0 Å². The summed E-state index contributed by atoms with van der Waals surface area (Å²) in [7, 11) is 0. The number of hydrogen-bond acceptors (Lipinski definition) is 6. The molecule has 32 heavy (non-hydrogen) atoms. The third kappa shape index (κ3) is 3.73. The highest BCUT2D eigenvalue weighted by atomic mass is 35.5. The lowest BCUT2D eigenvalue weighted by Gasteiger charge is -2.06. The van der Waals surface area contributed by atoms with E-state index in [-0.39, 0.29) is 22.9 Å². The molecule has 7 nitrogen and oxygen atoms in total. The van der Waals surface area contributed by atoms with Gasteiger partial charge in [-0.25, -0.2) is 14.5 Å². The van der Waals surface area contributed by atoms with Crippen molar-refractivity contribution in [1.82, 2.24) is 19.7 Å². The number of carbonyl (C=O) groups is 1. The van der Waals surface area contributed by atoms with Crippen LogP contribution in [0.2, 0.25) is 5.15 Å². The van der Waals surface area contributed by atoms with Gasteiger partial charge in [0.25, 0.3) is 5.56 Å². The van der Waals surface area contributed by atoms with Gasteiger partial charge in [0.05, 0.1) is 17.6 Å². The van der Waals surface area contributed by atoms with Crippen LogP contribution < -0.4 is 5.56 Å². The van der Waals surface area contributed by atoms with Crippen molar-refractivity contribution in [2.45, 2.75) is 46.3 Å². The molecule has 0 bridgehead atoms. The van der Waals surface area contributed by atoms with Crippen molar-refractivity contribution >= 4 is 39.1 Å². The standard InChI is InChI=1S/C23H21ClN4O3S/c1-12-6-8-14(9-7-12)10-28-20(24)18(13(2)27-28)23(30)31-11-17-25-21(29)19-15-4-3-5-16(15)32-22(19)26-17/h6-9H,3-5,10-11H2,1-2H3,(H,25,26,29). The number of hydrogen-bond donors (Lipinski definition) is 1. The Morgan fingerprint density at radius 2 is 2.03 bits per heavy atom. The summed E-state index contributed by atoms with van der Waals surface area (Å²) in [6.45, 7) is 4.04. The second-order valence-electron chi connectivity index (χ2n) is 8.02. The van der Waals surface area contributed by atoms with Crippen LogP contribution >= 0.6 is 22.9 Å². The molecule has 0 amide bonds. The van der Waals surface area contributed by atoms with Gasteiger partial charge in [0.15, 0.2) is 0 Å². The summed E-state index contributed by atoms with van der Waals surface area (Å²) in [5.74, 6) is -0.282. The Morgan fingerprint density at radius 1 is 1.25 bits per heavy atom. The number of esters is 1. The number of halogens is 1. The number of thiophene rings is 1. The zero-order chi connectivity index (χ0) is 22.4. The van der Waals surface area contributed by atoms with E-state index >= 15 is 0 Å². The molecular formula is C23H21ClN4O3S. The van der Waals surface area contributed by atoms with E-state index in [4.69, 9.17) is 16.3 Å². The molecule has 3 heterocycles. The molecule has 3 aromatic heterocycles. The number of nitrogens with zero attached hydrogens (tertiary/aromatic N) is 3. The molecule has 1 aliphatic carbocycles. The highest BCUT2D eigenvalue weighted by molar-refractivity contribution is 7.18. The highest BCUT2D eigenvalue weighted by Crippen LogP contribution is 2.34. The number of carbonyl (C=O) groups excluding carboxylic acids is 1. The van der Waals surface area contributed by atoms with Crippen LogP contribution in [0.3, 0.4) is 0 Å². The minimum Gasteiger partial charge on any atom is -0.454 e. The van der Waals surface area contributed by atoms with Crippen molar-refractivity contribution in [2.24, 2.45) is 0 Å². The molecule has 0 aliphatic heterocycles. The van der Waals surface area contributed by atoms with Gasteiger partial charge in [-0.3, -0.25) is 4.79 Å². The Bertz CT molecular complexity index is 1400. The maximum Gasteiger partial charge on any atom is 0.343 e. The Morgan fingerprint density at radius 3 is 2.81 bits per heavy atom. The van der Waals surface area contributed by atoms with E-state index in [2.05, 4.69) is 15.1 Å². The SMILES string of the molecule is Cc1ccc(Cn2nc(C)c(C(=O)OCc3nc4sc5c(c4c(=O)[nH]3)CCC5)c2Cl)cc1. The maximum atomic E-state index is 12.8. The predicted octanol–water partition coefficient (Wildman–Crippen LogP) is 4.35. The van der Waals surface area contributed by atoms with Gasteiger partial charge < -0.3 is 9.72 Å². The summed E-state index contributed by atoms with van der Waals surface area (Å²) in [6, 6.07) is 8.03. The molecule has 9 heteroatoms. The van der Waals surface area contributed by atoms with Crippen molar-refractivity contribution in [3.8, 4) is 0 Å². The topological polar surface area (TPSA) is 89.9 Å². The smallest absolute Gasteiger partial charge is 0.343 e. The number of nitrogens with one attached hydrogen (secondary N) is 1. The Labute approximate surface area is 193 Å². The number of fused-ring (bicyclic) bond motifs is 3. The van der Waals surface area contributed by atoms with Gasteiger partial charge in [0.2, 0.25) is 0 Å². The van der Waals surface area contributed by atoms with Gasteiger partial charge >= 0.3 is 5.97 Å². The third-order valence-corrected chi connectivity index (χ3v) is 7.26. The predicted molar refractivity (Wildman–Crippen MR) is 124 cm³/mol. The number of rotatable bonds is 5. The van der Waals surface area contributed by atoms with E-state index in [1.165, 1.54) is 4.88 Å². The molecule has 1 aliphatic rings. The summed E-state index contributed by atoms with van der Waals surface area (Å²) in [5, 5.41) is 5.30. The number of aromatic nitrogens is 4. The molecule has 0 saturated carbocycles. The minimum atomic E-state index is -0.598. The van der Waals surface area contributed by atoms with Crippen molar-refractivity contribution < 1.29 is 9.53 Å². The number of aromatic amines is 1. The van der Waals surface area contributed by atoms with Crippen LogP contribution in [0, 0.1) is 13.8 Å². The second kappa shape index (κ2) is 8.18. The maximum absolute atomic E-state index is 12.8. The summed E-state index contributed by atoms with van der Waals surface area (Å²) in [5.41, 5.74) is 3.83. The third-order valence-electron chi connectivity index (χ3n) is 5.69. The molecule has 164 valence electrons. The fourth-order valence-electron chi connectivity index (χ4n) is 4.08. The zero-order valence-electron chi connectivity index (χ0n) is 17.7. The lowest BCUT2D eigenvalue weighted by atomic mass is 10.1. The van der Waals surface area contributed by atoms with Crippen molar-refractivity contribution in [3.05, 3.63) is 78.4 Å². The van der Waals surface area contributed by atoms with Crippen molar-refractivity contribution in [1.29, 1.82) is 0 Å². The fourth-order valence-corrected chi connectivity index (χ4v) is 5.67. The van der Waals surface area contributed by atoms with Gasteiger partial charge in [-0.15, -0.1) is 11.3 Å². The summed E-state index contributed by atoms with van der Waals surface area (Å²) < 4.78 is 7.01. The molecule has 0 saturated heterocycles. The van der Waals surface area contributed by atoms with Crippen LogP contribution in [-0.4, -0.2) is 25.7 Å². The number of benzene rings is 1. The summed E-state index contributed by atoms with van der Waals surface area (Å²) in [6.07, 6.45) is 2.98. The molecule has 0 radical (unpaired) electrons. The van der Waals surface area contributed by atoms with Crippen LogP contribution in [0.15, 0.2) is 29.1 Å². The lowest BCUT2D eigenvalue weighted by molar-refractivity contribution is 0.0461. The molecule has 0 atom stereocenters. The first-order valence-electron chi connectivity index (χ1n) is 10.4. The van der Waals surface area contributed by atoms with E-state index in [1.807, 2.05) is 31.2 Å². The number of ether oxygens (including phenoxy) is 1.